The Bertz CT molecular complexity index is 1340. The minimum atomic E-state index is 0.0883. The highest BCUT2D eigenvalue weighted by Gasteiger charge is 2.13. The van der Waals surface area contributed by atoms with Crippen molar-refractivity contribution < 1.29 is 0 Å². The largest absolute Gasteiger partial charge is 0.361 e. The van der Waals surface area contributed by atoms with E-state index in [9.17, 15) is 4.79 Å². The van der Waals surface area contributed by atoms with E-state index in [1.807, 2.05) is 54.4 Å². The SMILES string of the molecule is O=c1c(Cc2ccc3c(c2)CCS3)c[nH]c2ccc(C#CCc3ccccc3)cc12. The van der Waals surface area contributed by atoms with E-state index in [1.54, 1.807) is 0 Å². The zero-order valence-electron chi connectivity index (χ0n) is 16.6. The van der Waals surface area contributed by atoms with Gasteiger partial charge in [-0.3, -0.25) is 4.79 Å². The number of thioether (sulfide) groups is 1. The van der Waals surface area contributed by atoms with Gasteiger partial charge in [0.15, 0.2) is 5.43 Å². The molecule has 0 atom stereocenters. The van der Waals surface area contributed by atoms with Gasteiger partial charge in [-0.25, -0.2) is 0 Å². The van der Waals surface area contributed by atoms with E-state index < -0.39 is 0 Å². The fraction of sp³-hybridized carbons (Fsp3) is 0.148. The van der Waals surface area contributed by atoms with Crippen molar-refractivity contribution in [3.63, 3.8) is 0 Å². The van der Waals surface area contributed by atoms with Crippen molar-refractivity contribution >= 4 is 22.7 Å². The second-order valence-corrected chi connectivity index (χ2v) is 8.72. The molecule has 0 spiro atoms. The van der Waals surface area contributed by atoms with Crippen molar-refractivity contribution in [1.82, 2.24) is 4.98 Å². The first-order valence-electron chi connectivity index (χ1n) is 10.2. The van der Waals surface area contributed by atoms with Gasteiger partial charge in [-0.15, -0.1) is 11.8 Å². The van der Waals surface area contributed by atoms with Gasteiger partial charge < -0.3 is 4.98 Å². The van der Waals surface area contributed by atoms with Gasteiger partial charge in [-0.1, -0.05) is 54.3 Å². The van der Waals surface area contributed by atoms with Crippen molar-refractivity contribution in [1.29, 1.82) is 0 Å². The molecule has 2 nitrogen and oxygen atoms in total. The Kier molecular flexibility index (Phi) is 5.17. The topological polar surface area (TPSA) is 32.9 Å². The third-order valence-corrected chi connectivity index (χ3v) is 6.59. The first-order chi connectivity index (χ1) is 14.8. The van der Waals surface area contributed by atoms with E-state index in [0.29, 0.717) is 18.2 Å². The van der Waals surface area contributed by atoms with Crippen molar-refractivity contribution in [2.24, 2.45) is 0 Å². The van der Waals surface area contributed by atoms with Crippen LogP contribution in [0.5, 0.6) is 0 Å². The minimum absolute atomic E-state index is 0.0883. The maximum Gasteiger partial charge on any atom is 0.192 e. The van der Waals surface area contributed by atoms with Crippen LogP contribution in [0.2, 0.25) is 0 Å². The van der Waals surface area contributed by atoms with E-state index in [4.69, 9.17) is 0 Å². The molecule has 3 heteroatoms. The Labute approximate surface area is 180 Å². The predicted molar refractivity (Wildman–Crippen MR) is 125 cm³/mol. The molecular weight excluding hydrogens is 386 g/mol. The smallest absolute Gasteiger partial charge is 0.192 e. The molecule has 1 aromatic heterocycles. The number of H-pyrrole nitrogens is 1. The molecule has 4 aromatic rings. The van der Waals surface area contributed by atoms with Crippen LogP contribution in [0.25, 0.3) is 10.9 Å². The normalized spacial score (nSPS) is 12.4. The second-order valence-electron chi connectivity index (χ2n) is 7.58. The molecular formula is C27H21NOS. The standard InChI is InChI=1S/C27H21NOS/c29-27-23(16-21-10-12-26-22(15-21)13-14-30-26)18-28-25-11-9-20(17-24(25)27)8-4-7-19-5-2-1-3-6-19/h1-3,5-6,9-12,15,17-18H,7,13-14,16H2,(H,28,29). The Morgan fingerprint density at radius 1 is 0.967 bits per heavy atom. The summed E-state index contributed by atoms with van der Waals surface area (Å²) in [5.74, 6) is 7.58. The molecule has 3 aromatic carbocycles. The van der Waals surface area contributed by atoms with Crippen molar-refractivity contribution in [2.75, 3.05) is 5.75 Å². The van der Waals surface area contributed by atoms with E-state index in [2.05, 4.69) is 47.2 Å². The number of hydrogen-bond donors (Lipinski definition) is 1. The van der Waals surface area contributed by atoms with E-state index in [1.165, 1.54) is 21.6 Å². The number of rotatable bonds is 3. The average Bonchev–Trinajstić information content (AvgIpc) is 3.25. The molecule has 0 amide bonds. The molecule has 0 aliphatic carbocycles. The molecule has 0 saturated heterocycles. The second kappa shape index (κ2) is 8.26. The number of benzene rings is 3. The number of aromatic nitrogens is 1. The molecule has 1 aliphatic heterocycles. The number of aromatic amines is 1. The third-order valence-electron chi connectivity index (χ3n) is 5.47. The number of hydrogen-bond acceptors (Lipinski definition) is 2. The van der Waals surface area contributed by atoms with Crippen LogP contribution in [-0.4, -0.2) is 10.7 Å². The fourth-order valence-corrected chi connectivity index (χ4v) is 4.94. The number of fused-ring (bicyclic) bond motifs is 2. The maximum absolute atomic E-state index is 13.1. The number of pyridine rings is 1. The van der Waals surface area contributed by atoms with Gasteiger partial charge in [0, 0.05) is 51.7 Å². The van der Waals surface area contributed by atoms with Gasteiger partial charge in [-0.05, 0) is 47.4 Å². The molecule has 1 N–H and O–H groups in total. The lowest BCUT2D eigenvalue weighted by Gasteiger charge is -2.06. The molecule has 1 aliphatic rings. The lowest BCUT2D eigenvalue weighted by atomic mass is 10.0. The minimum Gasteiger partial charge on any atom is -0.361 e. The van der Waals surface area contributed by atoms with Crippen LogP contribution in [0.3, 0.4) is 0 Å². The van der Waals surface area contributed by atoms with Crippen LogP contribution in [0.4, 0.5) is 0 Å². The van der Waals surface area contributed by atoms with Gasteiger partial charge in [0.2, 0.25) is 0 Å². The van der Waals surface area contributed by atoms with Gasteiger partial charge in [0.1, 0.15) is 0 Å². The van der Waals surface area contributed by atoms with Gasteiger partial charge in [-0.2, -0.15) is 0 Å². The van der Waals surface area contributed by atoms with Crippen LogP contribution >= 0.6 is 11.8 Å². The summed E-state index contributed by atoms with van der Waals surface area (Å²) in [5.41, 5.74) is 6.40. The zero-order valence-corrected chi connectivity index (χ0v) is 17.4. The van der Waals surface area contributed by atoms with Crippen molar-refractivity contribution in [2.45, 2.75) is 24.2 Å². The van der Waals surface area contributed by atoms with Crippen molar-refractivity contribution in [3.8, 4) is 11.8 Å². The predicted octanol–water partition coefficient (Wildman–Crippen LogP) is 5.36. The summed E-state index contributed by atoms with van der Waals surface area (Å²) in [7, 11) is 0. The third kappa shape index (κ3) is 3.92. The Morgan fingerprint density at radius 3 is 2.77 bits per heavy atom. The Hall–Kier alpha value is -3.22. The molecule has 5 rings (SSSR count). The lowest BCUT2D eigenvalue weighted by Crippen LogP contribution is -2.11. The molecule has 2 heterocycles. The van der Waals surface area contributed by atoms with E-state index >= 15 is 0 Å². The fourth-order valence-electron chi connectivity index (χ4n) is 3.88. The molecule has 0 saturated carbocycles. The van der Waals surface area contributed by atoms with Crippen LogP contribution < -0.4 is 5.43 Å². The molecule has 146 valence electrons. The summed E-state index contributed by atoms with van der Waals surface area (Å²) in [6.07, 6.45) is 4.32. The van der Waals surface area contributed by atoms with Gasteiger partial charge >= 0.3 is 0 Å². The van der Waals surface area contributed by atoms with Crippen LogP contribution in [0, 0.1) is 11.8 Å². The summed E-state index contributed by atoms with van der Waals surface area (Å²) >= 11 is 1.91. The van der Waals surface area contributed by atoms with Crippen LogP contribution in [0.15, 0.2) is 82.6 Å². The molecule has 0 bridgehead atoms. The Balaban J connectivity index is 1.42. The summed E-state index contributed by atoms with van der Waals surface area (Å²) < 4.78 is 0. The molecule has 0 fully saturated rings. The summed E-state index contributed by atoms with van der Waals surface area (Å²) in [5, 5.41) is 0.704. The van der Waals surface area contributed by atoms with E-state index in [-0.39, 0.29) is 5.43 Å². The average molecular weight is 408 g/mol. The number of aryl methyl sites for hydroxylation is 1. The van der Waals surface area contributed by atoms with Crippen molar-refractivity contribution in [3.05, 3.63) is 111 Å². The van der Waals surface area contributed by atoms with Crippen LogP contribution in [-0.2, 0) is 19.3 Å². The zero-order chi connectivity index (χ0) is 20.3. The molecule has 30 heavy (non-hydrogen) atoms. The maximum atomic E-state index is 13.1. The van der Waals surface area contributed by atoms with E-state index in [0.717, 1.165) is 28.8 Å². The Morgan fingerprint density at radius 2 is 1.87 bits per heavy atom. The first-order valence-corrected chi connectivity index (χ1v) is 11.2. The molecule has 0 unspecified atom stereocenters. The summed E-state index contributed by atoms with van der Waals surface area (Å²) in [4.78, 5) is 17.8. The summed E-state index contributed by atoms with van der Waals surface area (Å²) in [6.45, 7) is 0. The first kappa shape index (κ1) is 18.8. The van der Waals surface area contributed by atoms with Gasteiger partial charge in [0.05, 0.1) is 0 Å². The highest BCUT2D eigenvalue weighted by molar-refractivity contribution is 7.99. The van der Waals surface area contributed by atoms with Gasteiger partial charge in [0.25, 0.3) is 0 Å². The monoisotopic (exact) mass is 407 g/mol. The summed E-state index contributed by atoms with van der Waals surface area (Å²) in [6, 6.07) is 22.6. The molecule has 0 radical (unpaired) electrons. The van der Waals surface area contributed by atoms with Crippen LogP contribution in [0.1, 0.15) is 27.8 Å². The highest BCUT2D eigenvalue weighted by atomic mass is 32.2. The lowest BCUT2D eigenvalue weighted by molar-refractivity contribution is 1.09. The number of nitrogens with one attached hydrogen (secondary N) is 1. The highest BCUT2D eigenvalue weighted by Crippen LogP contribution is 2.32. The quantitative estimate of drug-likeness (QED) is 0.464.